The zero-order chi connectivity index (χ0) is 22.7. The lowest BCUT2D eigenvalue weighted by Crippen LogP contribution is -2.38. The zero-order valence-electron chi connectivity index (χ0n) is 18.5. The van der Waals surface area contributed by atoms with Crippen LogP contribution in [0.15, 0.2) is 39.6 Å². The molecule has 0 bridgehead atoms. The predicted octanol–water partition coefficient (Wildman–Crippen LogP) is 3.64. The lowest BCUT2D eigenvalue weighted by atomic mass is 10.2. The molecule has 3 aromatic heterocycles. The van der Waals surface area contributed by atoms with Gasteiger partial charge in [0.2, 0.25) is 15.5 Å². The monoisotopic (exact) mass is 475 g/mol. The Hall–Kier alpha value is -2.30. The van der Waals surface area contributed by atoms with Gasteiger partial charge in [-0.3, -0.25) is 9.36 Å². The van der Waals surface area contributed by atoms with Crippen LogP contribution in [-0.4, -0.2) is 53.4 Å². The molecule has 0 unspecified atom stereocenters. The maximum atomic E-state index is 13.4. The first-order valence-corrected chi connectivity index (χ1v) is 13.5. The summed E-state index contributed by atoms with van der Waals surface area (Å²) in [5.74, 6) is 0.768. The van der Waals surface area contributed by atoms with Crippen LogP contribution in [0.4, 0.5) is 5.82 Å². The fourth-order valence-corrected chi connectivity index (χ4v) is 6.26. The van der Waals surface area contributed by atoms with E-state index < -0.39 is 15.5 Å². The molecule has 0 aromatic carbocycles. The smallest absolute Gasteiger partial charge is 0.248 e. The van der Waals surface area contributed by atoms with Gasteiger partial charge in [0.15, 0.2) is 10.8 Å². The average molecular weight is 476 g/mol. The second-order valence-corrected chi connectivity index (χ2v) is 10.7. The molecule has 32 heavy (non-hydrogen) atoms. The number of pyridine rings is 2. The first-order valence-electron chi connectivity index (χ1n) is 11.2. The molecule has 1 fully saturated rings. The summed E-state index contributed by atoms with van der Waals surface area (Å²) >= 11 is 1.37. The van der Waals surface area contributed by atoms with E-state index in [1.54, 1.807) is 16.8 Å². The molecule has 0 N–H and O–H groups in total. The topological polar surface area (TPSA) is 88.4 Å². The van der Waals surface area contributed by atoms with Crippen molar-refractivity contribution < 1.29 is 8.42 Å². The normalized spacial score (nSPS) is 15.3. The largest absolute Gasteiger partial charge is 0.357 e. The Morgan fingerprint density at radius 2 is 1.94 bits per heavy atom. The third kappa shape index (κ3) is 4.31. The minimum atomic E-state index is -3.90. The highest BCUT2D eigenvalue weighted by atomic mass is 32.2. The van der Waals surface area contributed by atoms with Crippen LogP contribution < -0.4 is 10.3 Å². The number of fused-ring (bicyclic) bond motifs is 1. The van der Waals surface area contributed by atoms with Crippen LogP contribution in [0.5, 0.6) is 0 Å². The van der Waals surface area contributed by atoms with E-state index in [4.69, 9.17) is 4.98 Å². The van der Waals surface area contributed by atoms with Gasteiger partial charge in [-0.15, -0.1) is 11.3 Å². The molecule has 0 atom stereocenters. The fourth-order valence-electron chi connectivity index (χ4n) is 4.04. The van der Waals surface area contributed by atoms with E-state index in [0.717, 1.165) is 51.0 Å². The van der Waals surface area contributed by atoms with Gasteiger partial charge in [-0.1, -0.05) is 19.8 Å². The van der Waals surface area contributed by atoms with Gasteiger partial charge in [0.05, 0.1) is 5.39 Å². The van der Waals surface area contributed by atoms with Gasteiger partial charge >= 0.3 is 0 Å². The van der Waals surface area contributed by atoms with Gasteiger partial charge < -0.3 is 4.90 Å². The van der Waals surface area contributed by atoms with Gasteiger partial charge in [0.1, 0.15) is 10.7 Å². The molecular formula is C22H29N5O3S2. The van der Waals surface area contributed by atoms with Gasteiger partial charge in [0.25, 0.3) is 0 Å². The summed E-state index contributed by atoms with van der Waals surface area (Å²) in [5.41, 5.74) is -0.0796. The minimum absolute atomic E-state index is 0.213. The van der Waals surface area contributed by atoms with E-state index in [9.17, 15) is 13.2 Å². The Balaban J connectivity index is 1.91. The third-order valence-electron chi connectivity index (χ3n) is 5.85. The molecule has 0 saturated carbocycles. The average Bonchev–Trinajstić information content (AvgIpc) is 3.35. The van der Waals surface area contributed by atoms with E-state index in [1.807, 2.05) is 11.4 Å². The molecule has 1 aliphatic rings. The Kier molecular flexibility index (Phi) is 6.92. The summed E-state index contributed by atoms with van der Waals surface area (Å²) in [6.45, 7) is 6.76. The molecule has 10 heteroatoms. The van der Waals surface area contributed by atoms with Crippen molar-refractivity contribution in [3.8, 4) is 5.13 Å². The van der Waals surface area contributed by atoms with E-state index >= 15 is 0 Å². The Morgan fingerprint density at radius 1 is 1.16 bits per heavy atom. The summed E-state index contributed by atoms with van der Waals surface area (Å²) in [6, 6.07) is 3.51. The maximum absolute atomic E-state index is 13.4. The number of hydrogen-bond acceptors (Lipinski definition) is 7. The molecule has 4 rings (SSSR count). The summed E-state index contributed by atoms with van der Waals surface area (Å²) in [7, 11) is -3.90. The number of sulfonamides is 1. The first kappa shape index (κ1) is 22.9. The van der Waals surface area contributed by atoms with Crippen molar-refractivity contribution in [1.82, 2.24) is 18.8 Å². The van der Waals surface area contributed by atoms with E-state index in [1.165, 1.54) is 21.8 Å². The SMILES string of the molecule is CCCCN(CC)c1ccc2c(=O)c(S(=O)(=O)N3CCCCC3)cn(-c3nccs3)c2n1. The van der Waals surface area contributed by atoms with Gasteiger partial charge in [-0.25, -0.2) is 18.4 Å². The van der Waals surface area contributed by atoms with Crippen LogP contribution in [0.2, 0.25) is 0 Å². The molecule has 0 spiro atoms. The molecule has 8 nitrogen and oxygen atoms in total. The fraction of sp³-hybridized carbons (Fsp3) is 0.500. The van der Waals surface area contributed by atoms with Crippen molar-refractivity contribution in [3.63, 3.8) is 0 Å². The quantitative estimate of drug-likeness (QED) is 0.494. The van der Waals surface area contributed by atoms with Crippen molar-refractivity contribution in [1.29, 1.82) is 0 Å². The summed E-state index contributed by atoms with van der Waals surface area (Å²) < 4.78 is 29.8. The Morgan fingerprint density at radius 3 is 2.59 bits per heavy atom. The van der Waals surface area contributed by atoms with Crippen LogP contribution in [0, 0.1) is 0 Å². The highest BCUT2D eigenvalue weighted by Gasteiger charge is 2.30. The molecule has 1 saturated heterocycles. The molecular weight excluding hydrogens is 446 g/mol. The number of unbranched alkanes of at least 4 members (excludes halogenated alkanes) is 1. The predicted molar refractivity (Wildman–Crippen MR) is 128 cm³/mol. The van der Waals surface area contributed by atoms with Crippen molar-refractivity contribution >= 4 is 38.2 Å². The Labute approximate surface area is 192 Å². The van der Waals surface area contributed by atoms with Crippen LogP contribution >= 0.6 is 11.3 Å². The van der Waals surface area contributed by atoms with Crippen LogP contribution in [0.25, 0.3) is 16.2 Å². The van der Waals surface area contributed by atoms with Gasteiger partial charge in [-0.05, 0) is 38.3 Å². The van der Waals surface area contributed by atoms with Crippen LogP contribution in [0.3, 0.4) is 0 Å². The van der Waals surface area contributed by atoms with Crippen molar-refractivity contribution in [3.05, 3.63) is 40.1 Å². The van der Waals surface area contributed by atoms with Gasteiger partial charge in [0, 0.05) is 44.0 Å². The van der Waals surface area contributed by atoms with E-state index in [-0.39, 0.29) is 10.3 Å². The van der Waals surface area contributed by atoms with Crippen molar-refractivity contribution in [2.75, 3.05) is 31.1 Å². The lowest BCUT2D eigenvalue weighted by molar-refractivity contribution is 0.346. The van der Waals surface area contributed by atoms with Crippen LogP contribution in [-0.2, 0) is 10.0 Å². The number of aromatic nitrogens is 3. The first-order chi connectivity index (χ1) is 15.5. The standard InChI is InChI=1S/C22H29N5O3S2/c1-3-5-12-25(4-2)19-10-9-17-20(28)18(32(29,30)26-13-7-6-8-14-26)16-27(21(17)24-19)22-23-11-15-31-22/h9-11,15-16H,3-8,12-14H2,1-2H3. The zero-order valence-corrected chi connectivity index (χ0v) is 20.2. The minimum Gasteiger partial charge on any atom is -0.357 e. The Bertz CT molecular complexity index is 1230. The number of piperidine rings is 1. The lowest BCUT2D eigenvalue weighted by Gasteiger charge is -2.26. The molecule has 3 aromatic rings. The molecule has 172 valence electrons. The van der Waals surface area contributed by atoms with Gasteiger partial charge in [-0.2, -0.15) is 4.31 Å². The second-order valence-electron chi connectivity index (χ2n) is 7.95. The molecule has 0 radical (unpaired) electrons. The highest BCUT2D eigenvalue weighted by molar-refractivity contribution is 7.89. The maximum Gasteiger partial charge on any atom is 0.248 e. The molecule has 0 amide bonds. The summed E-state index contributed by atoms with van der Waals surface area (Å²) in [6.07, 6.45) is 7.81. The molecule has 0 aliphatic carbocycles. The molecule has 1 aliphatic heterocycles. The van der Waals surface area contributed by atoms with Crippen molar-refractivity contribution in [2.24, 2.45) is 0 Å². The van der Waals surface area contributed by atoms with E-state index in [0.29, 0.717) is 23.9 Å². The number of rotatable bonds is 8. The summed E-state index contributed by atoms with van der Waals surface area (Å²) in [5, 5.41) is 2.68. The third-order valence-corrected chi connectivity index (χ3v) is 8.51. The number of nitrogens with zero attached hydrogens (tertiary/aromatic N) is 5. The molecule has 4 heterocycles. The number of hydrogen-bond donors (Lipinski definition) is 0. The number of thiazole rings is 1. The number of anilines is 1. The van der Waals surface area contributed by atoms with Crippen LogP contribution in [0.1, 0.15) is 46.0 Å². The van der Waals surface area contributed by atoms with E-state index in [2.05, 4.69) is 23.7 Å². The second kappa shape index (κ2) is 9.68. The van der Waals surface area contributed by atoms with Crippen molar-refractivity contribution in [2.45, 2.75) is 50.8 Å². The highest BCUT2D eigenvalue weighted by Crippen LogP contribution is 2.25. The summed E-state index contributed by atoms with van der Waals surface area (Å²) in [4.78, 5) is 24.5.